The Balaban J connectivity index is 1.64. The summed E-state index contributed by atoms with van der Waals surface area (Å²) in [6.07, 6.45) is 6.64. The van der Waals surface area contributed by atoms with Gasteiger partial charge in [-0.05, 0) is 25.3 Å². The monoisotopic (exact) mass is 354 g/mol. The first-order valence-corrected chi connectivity index (χ1v) is 9.24. The Kier molecular flexibility index (Phi) is 6.04. The fourth-order valence-corrected chi connectivity index (χ4v) is 3.40. The highest BCUT2D eigenvalue weighted by Gasteiger charge is 2.31. The lowest BCUT2D eigenvalue weighted by molar-refractivity contribution is -0.140. The van der Waals surface area contributed by atoms with Crippen molar-refractivity contribution in [1.82, 2.24) is 19.8 Å². The standard InChI is InChI=1S/C20H26N4O2/c1-16-21-11-13-23(16)14-12-22-20(26)18-9-5-6-10-19(25)24(18)15-17-7-3-2-4-8-17/h2-4,7-8,11,13,18H,5-6,9-10,12,14-15H2,1H3,(H,22,26). The normalized spacial score (nSPS) is 17.8. The average molecular weight is 354 g/mol. The second kappa shape index (κ2) is 8.65. The van der Waals surface area contributed by atoms with Crippen LogP contribution < -0.4 is 5.32 Å². The largest absolute Gasteiger partial charge is 0.353 e. The average Bonchev–Trinajstić information content (AvgIpc) is 2.96. The number of likely N-dealkylation sites (tertiary alicyclic amines) is 1. The first-order chi connectivity index (χ1) is 12.6. The molecule has 26 heavy (non-hydrogen) atoms. The fourth-order valence-electron chi connectivity index (χ4n) is 3.40. The highest BCUT2D eigenvalue weighted by atomic mass is 16.2. The SMILES string of the molecule is Cc1nccn1CCNC(=O)C1CCCCC(=O)N1Cc1ccccc1. The van der Waals surface area contributed by atoms with Crippen LogP contribution in [0.2, 0.25) is 0 Å². The van der Waals surface area contributed by atoms with Crippen molar-refractivity contribution in [2.75, 3.05) is 6.54 Å². The molecule has 3 rings (SSSR count). The summed E-state index contributed by atoms with van der Waals surface area (Å²) in [6, 6.07) is 9.47. The van der Waals surface area contributed by atoms with E-state index < -0.39 is 6.04 Å². The van der Waals surface area contributed by atoms with E-state index in [0.29, 0.717) is 32.5 Å². The molecular weight excluding hydrogens is 328 g/mol. The maximum atomic E-state index is 12.8. The summed E-state index contributed by atoms with van der Waals surface area (Å²) in [5, 5.41) is 3.00. The lowest BCUT2D eigenvalue weighted by atomic mass is 10.1. The van der Waals surface area contributed by atoms with Crippen LogP contribution in [0.15, 0.2) is 42.7 Å². The highest BCUT2D eigenvalue weighted by Crippen LogP contribution is 2.20. The third-order valence-electron chi connectivity index (χ3n) is 4.89. The second-order valence-corrected chi connectivity index (χ2v) is 6.73. The molecule has 1 fully saturated rings. The maximum absolute atomic E-state index is 12.8. The molecule has 0 spiro atoms. The third kappa shape index (κ3) is 4.50. The number of nitrogens with one attached hydrogen (secondary N) is 1. The first-order valence-electron chi connectivity index (χ1n) is 9.24. The number of hydrogen-bond acceptors (Lipinski definition) is 3. The second-order valence-electron chi connectivity index (χ2n) is 6.73. The van der Waals surface area contributed by atoms with Crippen LogP contribution in [0.1, 0.15) is 37.1 Å². The minimum absolute atomic E-state index is 0.0612. The third-order valence-corrected chi connectivity index (χ3v) is 4.89. The quantitative estimate of drug-likeness (QED) is 0.865. The minimum atomic E-state index is -0.394. The Morgan fingerprint density at radius 1 is 1.27 bits per heavy atom. The zero-order valence-electron chi connectivity index (χ0n) is 15.2. The van der Waals surface area contributed by atoms with E-state index >= 15 is 0 Å². The molecule has 1 aromatic carbocycles. The Morgan fingerprint density at radius 2 is 2.08 bits per heavy atom. The summed E-state index contributed by atoms with van der Waals surface area (Å²) in [7, 11) is 0. The van der Waals surface area contributed by atoms with E-state index in [1.165, 1.54) is 0 Å². The van der Waals surface area contributed by atoms with Crippen LogP contribution in [-0.2, 0) is 22.7 Å². The number of rotatable bonds is 6. The number of imidazole rings is 1. The topological polar surface area (TPSA) is 67.2 Å². The van der Waals surface area contributed by atoms with Gasteiger partial charge >= 0.3 is 0 Å². The maximum Gasteiger partial charge on any atom is 0.242 e. The number of aryl methyl sites for hydroxylation is 1. The lowest BCUT2D eigenvalue weighted by Crippen LogP contribution is -2.48. The van der Waals surface area contributed by atoms with E-state index in [2.05, 4.69) is 10.3 Å². The molecule has 1 aliphatic heterocycles. The molecule has 2 amide bonds. The van der Waals surface area contributed by atoms with E-state index in [4.69, 9.17) is 0 Å². The van der Waals surface area contributed by atoms with Gasteiger partial charge in [-0.25, -0.2) is 4.98 Å². The van der Waals surface area contributed by atoms with Gasteiger partial charge in [-0.1, -0.05) is 36.8 Å². The van der Waals surface area contributed by atoms with Crippen molar-refractivity contribution in [2.24, 2.45) is 0 Å². The molecular formula is C20H26N4O2. The van der Waals surface area contributed by atoms with Gasteiger partial charge in [0.1, 0.15) is 11.9 Å². The zero-order chi connectivity index (χ0) is 18.4. The van der Waals surface area contributed by atoms with Crippen LogP contribution in [0.4, 0.5) is 0 Å². The molecule has 0 bridgehead atoms. The molecule has 2 heterocycles. The van der Waals surface area contributed by atoms with Crippen molar-refractivity contribution < 1.29 is 9.59 Å². The van der Waals surface area contributed by atoms with Gasteiger partial charge in [0.05, 0.1) is 0 Å². The molecule has 1 aliphatic rings. The van der Waals surface area contributed by atoms with Gasteiger partial charge in [-0.2, -0.15) is 0 Å². The Morgan fingerprint density at radius 3 is 2.81 bits per heavy atom. The van der Waals surface area contributed by atoms with E-state index in [1.807, 2.05) is 48.0 Å². The van der Waals surface area contributed by atoms with Crippen LogP contribution in [0.5, 0.6) is 0 Å². The predicted octanol–water partition coefficient (Wildman–Crippen LogP) is 2.28. The Labute approximate surface area is 154 Å². The van der Waals surface area contributed by atoms with Crippen molar-refractivity contribution in [3.05, 3.63) is 54.1 Å². The van der Waals surface area contributed by atoms with Gasteiger partial charge in [-0.15, -0.1) is 0 Å². The fraction of sp³-hybridized carbons (Fsp3) is 0.450. The smallest absolute Gasteiger partial charge is 0.242 e. The van der Waals surface area contributed by atoms with Gasteiger partial charge in [0.2, 0.25) is 11.8 Å². The van der Waals surface area contributed by atoms with Crippen molar-refractivity contribution in [1.29, 1.82) is 0 Å². The Hall–Kier alpha value is -2.63. The summed E-state index contributed by atoms with van der Waals surface area (Å²) >= 11 is 0. The van der Waals surface area contributed by atoms with Crippen molar-refractivity contribution in [3.8, 4) is 0 Å². The van der Waals surface area contributed by atoms with Gasteiger partial charge in [-0.3, -0.25) is 9.59 Å². The number of amides is 2. The van der Waals surface area contributed by atoms with Crippen LogP contribution in [0, 0.1) is 6.92 Å². The molecule has 1 atom stereocenters. The number of hydrogen-bond donors (Lipinski definition) is 1. The molecule has 1 N–H and O–H groups in total. The molecule has 1 aromatic heterocycles. The van der Waals surface area contributed by atoms with Gasteiger partial charge in [0.15, 0.2) is 0 Å². The summed E-state index contributed by atoms with van der Waals surface area (Å²) in [5.41, 5.74) is 1.05. The van der Waals surface area contributed by atoms with E-state index in [-0.39, 0.29) is 11.8 Å². The molecule has 0 radical (unpaired) electrons. The summed E-state index contributed by atoms with van der Waals surface area (Å²) in [5.74, 6) is 0.931. The molecule has 138 valence electrons. The molecule has 6 nitrogen and oxygen atoms in total. The van der Waals surface area contributed by atoms with Crippen LogP contribution in [-0.4, -0.2) is 38.9 Å². The zero-order valence-corrected chi connectivity index (χ0v) is 15.2. The number of benzene rings is 1. The number of nitrogens with zero attached hydrogens (tertiary/aromatic N) is 3. The van der Waals surface area contributed by atoms with Gasteiger partial charge < -0.3 is 14.8 Å². The highest BCUT2D eigenvalue weighted by molar-refractivity contribution is 5.88. The molecule has 1 saturated heterocycles. The summed E-state index contributed by atoms with van der Waals surface area (Å²) in [4.78, 5) is 31.3. The lowest BCUT2D eigenvalue weighted by Gasteiger charge is -2.29. The van der Waals surface area contributed by atoms with Crippen LogP contribution in [0.25, 0.3) is 0 Å². The minimum Gasteiger partial charge on any atom is -0.353 e. The number of carbonyl (C=O) groups excluding carboxylic acids is 2. The van der Waals surface area contributed by atoms with E-state index in [9.17, 15) is 9.59 Å². The summed E-state index contributed by atoms with van der Waals surface area (Å²) < 4.78 is 2.00. The van der Waals surface area contributed by atoms with Crippen molar-refractivity contribution in [3.63, 3.8) is 0 Å². The van der Waals surface area contributed by atoms with Crippen molar-refractivity contribution in [2.45, 2.75) is 51.7 Å². The molecule has 6 heteroatoms. The Bertz CT molecular complexity index is 741. The van der Waals surface area contributed by atoms with E-state index in [0.717, 1.165) is 24.2 Å². The first kappa shape index (κ1) is 18.2. The van der Waals surface area contributed by atoms with Crippen LogP contribution in [0.3, 0.4) is 0 Å². The molecule has 0 saturated carbocycles. The van der Waals surface area contributed by atoms with Crippen LogP contribution >= 0.6 is 0 Å². The predicted molar refractivity (Wildman–Crippen MR) is 99.2 cm³/mol. The van der Waals surface area contributed by atoms with Crippen molar-refractivity contribution >= 4 is 11.8 Å². The van der Waals surface area contributed by atoms with Gasteiger partial charge in [0, 0.05) is 38.4 Å². The van der Waals surface area contributed by atoms with Gasteiger partial charge in [0.25, 0.3) is 0 Å². The van der Waals surface area contributed by atoms with E-state index in [1.54, 1.807) is 11.1 Å². The molecule has 1 unspecified atom stereocenters. The number of carbonyl (C=O) groups is 2. The molecule has 2 aromatic rings. The molecule has 0 aliphatic carbocycles. The number of aromatic nitrogens is 2. The summed E-state index contributed by atoms with van der Waals surface area (Å²) in [6.45, 7) is 3.63.